The molecule has 2 fully saturated rings. The van der Waals surface area contributed by atoms with Crippen LogP contribution in [-0.2, 0) is 11.3 Å². The molecule has 1 amide bonds. The number of thiazole rings is 1. The van der Waals surface area contributed by atoms with Gasteiger partial charge in [0.2, 0.25) is 5.91 Å². The Labute approximate surface area is 164 Å². The lowest BCUT2D eigenvalue weighted by molar-refractivity contribution is -0.127. The van der Waals surface area contributed by atoms with Crippen molar-refractivity contribution >= 4 is 17.2 Å². The molecule has 1 aliphatic carbocycles. The first-order chi connectivity index (χ1) is 13.2. The number of hydrogen-bond acceptors (Lipinski definition) is 6. The van der Waals surface area contributed by atoms with E-state index in [4.69, 9.17) is 9.40 Å². The van der Waals surface area contributed by atoms with Crippen molar-refractivity contribution < 1.29 is 9.21 Å². The molecule has 1 aliphatic heterocycles. The van der Waals surface area contributed by atoms with Gasteiger partial charge in [0.25, 0.3) is 0 Å². The number of nitrogens with one attached hydrogen (secondary N) is 1. The van der Waals surface area contributed by atoms with Gasteiger partial charge in [0, 0.05) is 44.1 Å². The van der Waals surface area contributed by atoms with Gasteiger partial charge in [0.05, 0.1) is 18.0 Å². The van der Waals surface area contributed by atoms with Gasteiger partial charge in [0.1, 0.15) is 0 Å². The van der Waals surface area contributed by atoms with Crippen LogP contribution in [0.4, 0.5) is 0 Å². The van der Waals surface area contributed by atoms with Crippen LogP contribution in [0.3, 0.4) is 0 Å². The Balaban J connectivity index is 1.24. The molecule has 1 atom stereocenters. The van der Waals surface area contributed by atoms with Crippen molar-refractivity contribution in [2.24, 2.45) is 0 Å². The number of carbonyl (C=O) groups is 1. The third-order valence-corrected chi connectivity index (χ3v) is 6.61. The summed E-state index contributed by atoms with van der Waals surface area (Å²) in [7, 11) is 0. The molecule has 2 aromatic heterocycles. The normalized spacial score (nSPS) is 20.8. The second-order valence-electron chi connectivity index (χ2n) is 7.60. The van der Waals surface area contributed by atoms with Gasteiger partial charge in [-0.05, 0) is 31.9 Å². The number of amides is 1. The van der Waals surface area contributed by atoms with Crippen LogP contribution in [0.25, 0.3) is 10.8 Å². The Morgan fingerprint density at radius 1 is 1.33 bits per heavy atom. The molecule has 1 unspecified atom stereocenters. The highest BCUT2D eigenvalue weighted by Crippen LogP contribution is 2.25. The predicted molar refractivity (Wildman–Crippen MR) is 107 cm³/mol. The van der Waals surface area contributed by atoms with E-state index in [1.54, 1.807) is 17.6 Å². The Hall–Kier alpha value is -1.70. The summed E-state index contributed by atoms with van der Waals surface area (Å²) in [4.78, 5) is 21.9. The average Bonchev–Trinajstić information content (AvgIpc) is 3.44. The summed E-state index contributed by atoms with van der Waals surface area (Å²) < 4.78 is 5.42. The minimum absolute atomic E-state index is 0.0439. The molecule has 0 radical (unpaired) electrons. The number of nitrogens with zero attached hydrogens (tertiary/aromatic N) is 3. The number of carbonyl (C=O) groups excluding carboxylic acids is 1. The summed E-state index contributed by atoms with van der Waals surface area (Å²) >= 11 is 1.63. The number of furan rings is 1. The first kappa shape index (κ1) is 18.7. The Kier molecular flexibility index (Phi) is 5.90. The molecule has 0 aromatic carbocycles. The standard InChI is InChI=1S/C20H28N4O2S/c1-15(19(25)21-16-5-2-3-6-16)24-10-8-23(9-11-24)13-17-14-27-20(22-17)18-7-4-12-26-18/h4,7,12,14-16H,2-3,5-6,8-11,13H2,1H3,(H,21,25). The van der Waals surface area contributed by atoms with E-state index in [1.807, 2.05) is 19.1 Å². The van der Waals surface area contributed by atoms with E-state index in [-0.39, 0.29) is 11.9 Å². The fourth-order valence-electron chi connectivity index (χ4n) is 3.99. The fraction of sp³-hybridized carbons (Fsp3) is 0.600. The molecule has 3 heterocycles. The topological polar surface area (TPSA) is 61.6 Å². The zero-order chi connectivity index (χ0) is 18.6. The summed E-state index contributed by atoms with van der Waals surface area (Å²) in [5.74, 6) is 1.02. The van der Waals surface area contributed by atoms with Crippen LogP contribution in [-0.4, -0.2) is 59.0 Å². The lowest BCUT2D eigenvalue weighted by atomic mass is 10.2. The van der Waals surface area contributed by atoms with Crippen molar-refractivity contribution in [3.63, 3.8) is 0 Å². The molecule has 146 valence electrons. The first-order valence-electron chi connectivity index (χ1n) is 9.94. The van der Waals surface area contributed by atoms with Gasteiger partial charge >= 0.3 is 0 Å². The molecule has 1 N–H and O–H groups in total. The van der Waals surface area contributed by atoms with Crippen LogP contribution >= 0.6 is 11.3 Å². The van der Waals surface area contributed by atoms with Gasteiger partial charge in [-0.2, -0.15) is 0 Å². The van der Waals surface area contributed by atoms with Crippen LogP contribution in [0.5, 0.6) is 0 Å². The summed E-state index contributed by atoms with van der Waals surface area (Å²) in [5.41, 5.74) is 1.09. The second kappa shape index (κ2) is 8.54. The van der Waals surface area contributed by atoms with E-state index in [2.05, 4.69) is 20.5 Å². The van der Waals surface area contributed by atoms with Gasteiger partial charge in [0.15, 0.2) is 10.8 Å². The molecular weight excluding hydrogens is 360 g/mol. The maximum atomic E-state index is 12.5. The largest absolute Gasteiger partial charge is 0.462 e. The molecule has 0 spiro atoms. The fourth-order valence-corrected chi connectivity index (χ4v) is 4.77. The van der Waals surface area contributed by atoms with Crippen molar-refractivity contribution in [3.05, 3.63) is 29.5 Å². The highest BCUT2D eigenvalue weighted by Gasteiger charge is 2.27. The Bertz CT molecular complexity index is 731. The Morgan fingerprint density at radius 2 is 2.11 bits per heavy atom. The van der Waals surface area contributed by atoms with Crippen molar-refractivity contribution in [2.75, 3.05) is 26.2 Å². The summed E-state index contributed by atoms with van der Waals surface area (Å²) in [6.45, 7) is 6.68. The van der Waals surface area contributed by atoms with Crippen molar-refractivity contribution in [1.29, 1.82) is 0 Å². The van der Waals surface area contributed by atoms with Crippen LogP contribution in [0.1, 0.15) is 38.3 Å². The molecule has 0 bridgehead atoms. The van der Waals surface area contributed by atoms with Gasteiger partial charge < -0.3 is 9.73 Å². The summed E-state index contributed by atoms with van der Waals surface area (Å²) in [6.07, 6.45) is 6.45. The zero-order valence-electron chi connectivity index (χ0n) is 15.9. The van der Waals surface area contributed by atoms with Gasteiger partial charge in [-0.25, -0.2) is 4.98 Å². The minimum Gasteiger partial charge on any atom is -0.462 e. The monoisotopic (exact) mass is 388 g/mol. The molecule has 4 rings (SSSR count). The van der Waals surface area contributed by atoms with Gasteiger partial charge in [-0.15, -0.1) is 11.3 Å². The molecule has 27 heavy (non-hydrogen) atoms. The van der Waals surface area contributed by atoms with E-state index < -0.39 is 0 Å². The number of piperazine rings is 1. The molecule has 1 saturated heterocycles. The SMILES string of the molecule is CC(C(=O)NC1CCCC1)N1CCN(Cc2csc(-c3ccco3)n2)CC1. The third kappa shape index (κ3) is 4.59. The molecule has 1 saturated carbocycles. The molecular formula is C20H28N4O2S. The minimum atomic E-state index is -0.0439. The van der Waals surface area contributed by atoms with Crippen LogP contribution < -0.4 is 5.32 Å². The first-order valence-corrected chi connectivity index (χ1v) is 10.8. The maximum Gasteiger partial charge on any atom is 0.237 e. The van der Waals surface area contributed by atoms with Gasteiger partial charge in [-0.3, -0.25) is 14.6 Å². The van der Waals surface area contributed by atoms with Crippen molar-refractivity contribution in [3.8, 4) is 10.8 Å². The predicted octanol–water partition coefficient (Wildman–Crippen LogP) is 2.97. The van der Waals surface area contributed by atoms with Crippen LogP contribution in [0, 0.1) is 0 Å². The molecule has 7 heteroatoms. The lowest BCUT2D eigenvalue weighted by Crippen LogP contribution is -2.54. The maximum absolute atomic E-state index is 12.5. The lowest BCUT2D eigenvalue weighted by Gasteiger charge is -2.37. The number of rotatable bonds is 6. The molecule has 2 aliphatic rings. The van der Waals surface area contributed by atoms with Crippen molar-refractivity contribution in [1.82, 2.24) is 20.1 Å². The average molecular weight is 389 g/mol. The van der Waals surface area contributed by atoms with E-state index >= 15 is 0 Å². The van der Waals surface area contributed by atoms with Gasteiger partial charge in [-0.1, -0.05) is 12.8 Å². The Morgan fingerprint density at radius 3 is 2.81 bits per heavy atom. The molecule has 6 nitrogen and oxygen atoms in total. The molecule has 2 aromatic rings. The second-order valence-corrected chi connectivity index (χ2v) is 8.46. The third-order valence-electron chi connectivity index (χ3n) is 5.70. The highest BCUT2D eigenvalue weighted by atomic mass is 32.1. The smallest absolute Gasteiger partial charge is 0.237 e. The van der Waals surface area contributed by atoms with Crippen LogP contribution in [0.15, 0.2) is 28.2 Å². The summed E-state index contributed by atoms with van der Waals surface area (Å²) in [6, 6.07) is 4.19. The van der Waals surface area contributed by atoms with Crippen LogP contribution in [0.2, 0.25) is 0 Å². The highest BCUT2D eigenvalue weighted by molar-refractivity contribution is 7.13. The van der Waals surface area contributed by atoms with E-state index in [0.717, 1.165) is 62.0 Å². The van der Waals surface area contributed by atoms with E-state index in [9.17, 15) is 4.79 Å². The van der Waals surface area contributed by atoms with E-state index in [1.165, 1.54) is 12.8 Å². The number of hydrogen-bond donors (Lipinski definition) is 1. The van der Waals surface area contributed by atoms with Crippen molar-refractivity contribution in [2.45, 2.75) is 51.2 Å². The number of aromatic nitrogens is 1. The summed E-state index contributed by atoms with van der Waals surface area (Å²) in [5, 5.41) is 6.28. The quantitative estimate of drug-likeness (QED) is 0.824. The van der Waals surface area contributed by atoms with E-state index in [0.29, 0.717) is 6.04 Å². The zero-order valence-corrected chi connectivity index (χ0v) is 16.7.